The number of nitrogens with one attached hydrogen (secondary N) is 1. The van der Waals surface area contributed by atoms with Crippen molar-refractivity contribution in [3.8, 4) is 6.07 Å². The highest BCUT2D eigenvalue weighted by Crippen LogP contribution is 2.22. The predicted molar refractivity (Wildman–Crippen MR) is 73.1 cm³/mol. The molecule has 0 aliphatic rings. The zero-order chi connectivity index (χ0) is 15.6. The van der Waals surface area contributed by atoms with Crippen LogP contribution in [0.1, 0.15) is 11.1 Å². The van der Waals surface area contributed by atoms with Crippen molar-refractivity contribution in [3.05, 3.63) is 59.2 Å². The third-order valence-electron chi connectivity index (χ3n) is 2.81. The maximum absolute atomic E-state index is 13.1. The Labute approximate surface area is 120 Å². The van der Waals surface area contributed by atoms with E-state index in [9.17, 15) is 17.2 Å². The lowest BCUT2D eigenvalue weighted by molar-refractivity contribution is 0.504. The Morgan fingerprint density at radius 2 is 1.81 bits per heavy atom. The van der Waals surface area contributed by atoms with Gasteiger partial charge in [-0.1, -0.05) is 6.07 Å². The van der Waals surface area contributed by atoms with Crippen molar-refractivity contribution in [2.75, 3.05) is 4.72 Å². The summed E-state index contributed by atoms with van der Waals surface area (Å²) in [5.41, 5.74) is 1.09. The highest BCUT2D eigenvalue weighted by atomic mass is 32.2. The van der Waals surface area contributed by atoms with Gasteiger partial charge in [-0.05, 0) is 42.8 Å². The molecule has 2 aromatic carbocycles. The SMILES string of the molecule is Cc1ccc(C#N)cc1NS(=O)(=O)c1ccc(F)c(F)c1. The molecule has 0 aliphatic heterocycles. The number of sulfonamides is 1. The number of aryl methyl sites for hydroxylation is 1. The smallest absolute Gasteiger partial charge is 0.262 e. The number of nitrogens with zero attached hydrogens (tertiary/aromatic N) is 1. The van der Waals surface area contributed by atoms with E-state index in [1.54, 1.807) is 19.1 Å². The van der Waals surface area contributed by atoms with E-state index >= 15 is 0 Å². The summed E-state index contributed by atoms with van der Waals surface area (Å²) >= 11 is 0. The second-order valence-electron chi connectivity index (χ2n) is 4.32. The van der Waals surface area contributed by atoms with Crippen LogP contribution < -0.4 is 4.72 Å². The van der Waals surface area contributed by atoms with E-state index in [1.165, 1.54) is 6.07 Å². The molecule has 4 nitrogen and oxygen atoms in total. The van der Waals surface area contributed by atoms with Crippen LogP contribution in [0.2, 0.25) is 0 Å². The van der Waals surface area contributed by atoms with Crippen molar-refractivity contribution >= 4 is 15.7 Å². The Morgan fingerprint density at radius 3 is 2.43 bits per heavy atom. The fraction of sp³-hybridized carbons (Fsp3) is 0.0714. The second-order valence-corrected chi connectivity index (χ2v) is 6.01. The predicted octanol–water partition coefficient (Wildman–Crippen LogP) is 2.95. The topological polar surface area (TPSA) is 70.0 Å². The number of hydrogen-bond donors (Lipinski definition) is 1. The molecule has 7 heteroatoms. The van der Waals surface area contributed by atoms with Gasteiger partial charge in [-0.25, -0.2) is 17.2 Å². The molecule has 1 N–H and O–H groups in total. The zero-order valence-electron chi connectivity index (χ0n) is 10.9. The number of benzene rings is 2. The molecule has 0 saturated carbocycles. The van der Waals surface area contributed by atoms with Gasteiger partial charge in [0.15, 0.2) is 11.6 Å². The highest BCUT2D eigenvalue weighted by Gasteiger charge is 2.17. The van der Waals surface area contributed by atoms with Crippen molar-refractivity contribution in [2.24, 2.45) is 0 Å². The van der Waals surface area contributed by atoms with Crippen LogP contribution in [0, 0.1) is 29.9 Å². The second kappa shape index (κ2) is 5.50. The first kappa shape index (κ1) is 14.9. The van der Waals surface area contributed by atoms with E-state index in [4.69, 9.17) is 5.26 Å². The summed E-state index contributed by atoms with van der Waals surface area (Å²) in [5, 5.41) is 8.82. The number of rotatable bonds is 3. The first-order valence-corrected chi connectivity index (χ1v) is 7.30. The number of anilines is 1. The molecule has 0 spiro atoms. The molecule has 0 heterocycles. The van der Waals surface area contributed by atoms with Crippen molar-refractivity contribution in [1.29, 1.82) is 5.26 Å². The molecule has 0 unspecified atom stereocenters. The summed E-state index contributed by atoms with van der Waals surface area (Å²) in [6.45, 7) is 1.66. The standard InChI is InChI=1S/C14H10F2N2O2S/c1-9-2-3-10(8-17)6-14(9)18-21(19,20)11-4-5-12(15)13(16)7-11/h2-7,18H,1H3. The molecule has 0 amide bonds. The van der Waals surface area contributed by atoms with Crippen LogP contribution in [0.25, 0.3) is 0 Å². The number of halogens is 2. The lowest BCUT2D eigenvalue weighted by Crippen LogP contribution is -2.14. The summed E-state index contributed by atoms with van der Waals surface area (Å²) in [4.78, 5) is -0.400. The molecule has 0 aromatic heterocycles. The van der Waals surface area contributed by atoms with Gasteiger partial charge in [0.05, 0.1) is 22.2 Å². The third kappa shape index (κ3) is 3.17. The van der Waals surface area contributed by atoms with Gasteiger partial charge in [-0.15, -0.1) is 0 Å². The van der Waals surface area contributed by atoms with Crippen LogP contribution in [0.3, 0.4) is 0 Å². The van der Waals surface area contributed by atoms with E-state index in [-0.39, 0.29) is 11.3 Å². The molecule has 0 aliphatic carbocycles. The molecule has 21 heavy (non-hydrogen) atoms. The lowest BCUT2D eigenvalue weighted by Gasteiger charge is -2.11. The molecule has 0 saturated heterocycles. The average Bonchev–Trinajstić information content (AvgIpc) is 2.44. The Bertz CT molecular complexity index is 843. The molecular weight excluding hydrogens is 298 g/mol. The largest absolute Gasteiger partial charge is 0.279 e. The number of hydrogen-bond acceptors (Lipinski definition) is 3. The first-order chi connectivity index (χ1) is 9.83. The van der Waals surface area contributed by atoms with Gasteiger partial charge in [0.2, 0.25) is 0 Å². The Balaban J connectivity index is 2.42. The van der Waals surface area contributed by atoms with E-state index in [1.807, 2.05) is 6.07 Å². The van der Waals surface area contributed by atoms with Crippen LogP contribution in [-0.4, -0.2) is 8.42 Å². The molecule has 0 atom stereocenters. The minimum Gasteiger partial charge on any atom is -0.279 e. The van der Waals surface area contributed by atoms with Crippen LogP contribution in [0.15, 0.2) is 41.3 Å². The van der Waals surface area contributed by atoms with E-state index in [2.05, 4.69) is 4.72 Å². The van der Waals surface area contributed by atoms with Crippen LogP contribution in [0.5, 0.6) is 0 Å². The summed E-state index contributed by atoms with van der Waals surface area (Å²) in [7, 11) is -4.07. The van der Waals surface area contributed by atoms with Gasteiger partial charge >= 0.3 is 0 Å². The molecule has 2 rings (SSSR count). The molecule has 108 valence electrons. The van der Waals surface area contributed by atoms with Gasteiger partial charge in [-0.2, -0.15) is 5.26 Å². The Hall–Kier alpha value is -2.46. The normalized spacial score (nSPS) is 11.0. The molecular formula is C14H10F2N2O2S. The van der Waals surface area contributed by atoms with E-state index in [0.717, 1.165) is 12.1 Å². The zero-order valence-corrected chi connectivity index (χ0v) is 11.7. The Morgan fingerprint density at radius 1 is 1.10 bits per heavy atom. The summed E-state index contributed by atoms with van der Waals surface area (Å²) in [6, 6.07) is 8.69. The van der Waals surface area contributed by atoms with Crippen molar-refractivity contribution in [1.82, 2.24) is 0 Å². The minimum atomic E-state index is -4.07. The fourth-order valence-electron chi connectivity index (χ4n) is 1.65. The molecule has 0 radical (unpaired) electrons. The van der Waals surface area contributed by atoms with Crippen molar-refractivity contribution in [3.63, 3.8) is 0 Å². The van der Waals surface area contributed by atoms with Gasteiger partial charge in [0, 0.05) is 0 Å². The van der Waals surface area contributed by atoms with Gasteiger partial charge in [0.25, 0.3) is 10.0 Å². The molecule has 0 bridgehead atoms. The van der Waals surface area contributed by atoms with Crippen molar-refractivity contribution in [2.45, 2.75) is 11.8 Å². The summed E-state index contributed by atoms with van der Waals surface area (Å²) < 4.78 is 52.5. The summed E-state index contributed by atoms with van der Waals surface area (Å²) in [5.74, 6) is -2.38. The van der Waals surface area contributed by atoms with Crippen molar-refractivity contribution < 1.29 is 17.2 Å². The van der Waals surface area contributed by atoms with E-state index < -0.39 is 26.6 Å². The van der Waals surface area contributed by atoms with Gasteiger partial charge < -0.3 is 0 Å². The average molecular weight is 308 g/mol. The third-order valence-corrected chi connectivity index (χ3v) is 4.18. The minimum absolute atomic E-state index is 0.207. The van der Waals surface area contributed by atoms with E-state index in [0.29, 0.717) is 11.6 Å². The monoisotopic (exact) mass is 308 g/mol. The summed E-state index contributed by atoms with van der Waals surface area (Å²) in [6.07, 6.45) is 0. The molecule has 0 fully saturated rings. The fourth-order valence-corrected chi connectivity index (χ4v) is 2.78. The first-order valence-electron chi connectivity index (χ1n) is 5.82. The van der Waals surface area contributed by atoms with Gasteiger partial charge in [0.1, 0.15) is 0 Å². The Kier molecular flexibility index (Phi) is 3.91. The molecule has 2 aromatic rings. The number of nitriles is 1. The highest BCUT2D eigenvalue weighted by molar-refractivity contribution is 7.92. The van der Waals surface area contributed by atoms with Gasteiger partial charge in [-0.3, -0.25) is 4.72 Å². The van der Waals surface area contributed by atoms with Crippen LogP contribution >= 0.6 is 0 Å². The lowest BCUT2D eigenvalue weighted by atomic mass is 10.1. The van der Waals surface area contributed by atoms with Crippen LogP contribution in [-0.2, 0) is 10.0 Å². The quantitative estimate of drug-likeness (QED) is 0.947. The maximum Gasteiger partial charge on any atom is 0.262 e. The maximum atomic E-state index is 13.1. The van der Waals surface area contributed by atoms with Crippen LogP contribution in [0.4, 0.5) is 14.5 Å².